The van der Waals surface area contributed by atoms with Crippen molar-refractivity contribution in [2.45, 2.75) is 33.1 Å². The van der Waals surface area contributed by atoms with E-state index >= 15 is 0 Å². The second kappa shape index (κ2) is 7.73. The fourth-order valence-electron chi connectivity index (χ4n) is 0.934. The Balaban J connectivity index is 4.11. The zero-order chi connectivity index (χ0) is 11.0. The van der Waals surface area contributed by atoms with E-state index in [0.29, 0.717) is 19.8 Å². The van der Waals surface area contributed by atoms with E-state index in [1.165, 1.54) is 0 Å². The number of rotatable bonds is 7. The van der Waals surface area contributed by atoms with Gasteiger partial charge in [-0.3, -0.25) is 4.79 Å². The molecule has 2 N–H and O–H groups in total. The Labute approximate surface area is 84.5 Å². The lowest BCUT2D eigenvalue weighted by atomic mass is 10.3. The Kier molecular flexibility index (Phi) is 7.37. The van der Waals surface area contributed by atoms with Gasteiger partial charge in [0.15, 0.2) is 12.3 Å². The summed E-state index contributed by atoms with van der Waals surface area (Å²) in [7, 11) is 0. The molecule has 0 aromatic rings. The van der Waals surface area contributed by atoms with Crippen LogP contribution < -0.4 is 5.73 Å². The van der Waals surface area contributed by atoms with Crippen LogP contribution in [0.25, 0.3) is 0 Å². The summed E-state index contributed by atoms with van der Waals surface area (Å²) in [6.07, 6.45) is -0.718. The number of hydrogen-bond donors (Lipinski definition) is 1. The van der Waals surface area contributed by atoms with Gasteiger partial charge in [-0.15, -0.1) is 0 Å². The summed E-state index contributed by atoms with van der Waals surface area (Å²) >= 11 is 0. The van der Waals surface area contributed by atoms with Crippen LogP contribution in [0.3, 0.4) is 0 Å². The van der Waals surface area contributed by atoms with Crippen LogP contribution in [0, 0.1) is 0 Å². The molecule has 0 bridgehead atoms. The van der Waals surface area contributed by atoms with Crippen LogP contribution in [0.15, 0.2) is 0 Å². The van der Waals surface area contributed by atoms with Crippen LogP contribution in [0.5, 0.6) is 0 Å². The molecule has 0 radical (unpaired) electrons. The Morgan fingerprint density at radius 3 is 2.00 bits per heavy atom. The van der Waals surface area contributed by atoms with Gasteiger partial charge in [-0.1, -0.05) is 0 Å². The first-order valence-corrected chi connectivity index (χ1v) is 4.82. The summed E-state index contributed by atoms with van der Waals surface area (Å²) < 4.78 is 15.1. The highest BCUT2D eigenvalue weighted by Crippen LogP contribution is 2.02. The maximum absolute atomic E-state index is 11.2. The molecule has 0 saturated heterocycles. The van der Waals surface area contributed by atoms with Gasteiger partial charge in [0.2, 0.25) is 0 Å². The standard InChI is InChI=1S/C9H19NO4/c1-4-12-8(11)7(10)9(13-5-2)14-6-3/h7,9H,4-6,10H2,1-3H3/t7-/m1/s1. The molecule has 0 amide bonds. The maximum atomic E-state index is 11.2. The highest BCUT2D eigenvalue weighted by atomic mass is 16.7. The van der Waals surface area contributed by atoms with Crippen molar-refractivity contribution >= 4 is 5.97 Å². The molecule has 5 nitrogen and oxygen atoms in total. The van der Waals surface area contributed by atoms with Crippen molar-refractivity contribution in [3.8, 4) is 0 Å². The molecule has 5 heteroatoms. The summed E-state index contributed by atoms with van der Waals surface area (Å²) in [5.74, 6) is -0.501. The fraction of sp³-hybridized carbons (Fsp3) is 0.889. The molecule has 0 aliphatic heterocycles. The first-order chi connectivity index (χ1) is 6.67. The van der Waals surface area contributed by atoms with Gasteiger partial charge in [0.05, 0.1) is 6.61 Å². The molecule has 0 aliphatic rings. The van der Waals surface area contributed by atoms with Crippen molar-refractivity contribution < 1.29 is 19.0 Å². The second-order valence-electron chi connectivity index (χ2n) is 2.56. The molecular formula is C9H19NO4. The topological polar surface area (TPSA) is 70.8 Å². The minimum absolute atomic E-state index is 0.303. The lowest BCUT2D eigenvalue weighted by molar-refractivity contribution is -0.174. The Morgan fingerprint density at radius 1 is 1.14 bits per heavy atom. The Bertz CT molecular complexity index is 157. The predicted octanol–water partition coefficient (Wildman–Crippen LogP) is 0.276. The van der Waals surface area contributed by atoms with Crippen molar-refractivity contribution in [3.05, 3.63) is 0 Å². The van der Waals surface area contributed by atoms with Crippen LogP contribution in [0.1, 0.15) is 20.8 Å². The average molecular weight is 205 g/mol. The molecule has 0 heterocycles. The molecule has 0 saturated carbocycles. The molecule has 1 atom stereocenters. The third kappa shape index (κ3) is 4.55. The van der Waals surface area contributed by atoms with E-state index in [1.807, 2.05) is 13.8 Å². The van der Waals surface area contributed by atoms with E-state index in [1.54, 1.807) is 6.92 Å². The van der Waals surface area contributed by atoms with Gasteiger partial charge in [-0.2, -0.15) is 0 Å². The van der Waals surface area contributed by atoms with Crippen LogP contribution >= 0.6 is 0 Å². The van der Waals surface area contributed by atoms with Crippen molar-refractivity contribution in [3.63, 3.8) is 0 Å². The maximum Gasteiger partial charge on any atom is 0.328 e. The zero-order valence-corrected chi connectivity index (χ0v) is 8.99. The van der Waals surface area contributed by atoms with Gasteiger partial charge >= 0.3 is 5.97 Å². The number of esters is 1. The minimum Gasteiger partial charge on any atom is -0.465 e. The molecule has 0 unspecified atom stereocenters. The second-order valence-corrected chi connectivity index (χ2v) is 2.56. The molecule has 0 aromatic carbocycles. The molecule has 0 aliphatic carbocycles. The monoisotopic (exact) mass is 205 g/mol. The molecular weight excluding hydrogens is 186 g/mol. The molecule has 84 valence electrons. The summed E-state index contributed by atoms with van der Waals surface area (Å²) in [5, 5.41) is 0. The van der Waals surface area contributed by atoms with E-state index in [9.17, 15) is 4.79 Å². The van der Waals surface area contributed by atoms with Gasteiger partial charge in [0.25, 0.3) is 0 Å². The lowest BCUT2D eigenvalue weighted by Gasteiger charge is -2.21. The molecule has 0 fully saturated rings. The summed E-state index contributed by atoms with van der Waals surface area (Å²) in [6.45, 7) is 6.53. The van der Waals surface area contributed by atoms with Gasteiger partial charge in [-0.25, -0.2) is 0 Å². The van der Waals surface area contributed by atoms with Gasteiger partial charge in [0, 0.05) is 13.2 Å². The normalized spacial score (nSPS) is 12.9. The van der Waals surface area contributed by atoms with Crippen LogP contribution in [-0.4, -0.2) is 38.1 Å². The number of nitrogens with two attached hydrogens (primary N) is 1. The highest BCUT2D eigenvalue weighted by molar-refractivity contribution is 5.75. The van der Waals surface area contributed by atoms with Crippen molar-refractivity contribution in [1.82, 2.24) is 0 Å². The number of carbonyl (C=O) groups is 1. The van der Waals surface area contributed by atoms with E-state index in [0.717, 1.165) is 0 Å². The predicted molar refractivity (Wildman–Crippen MR) is 51.6 cm³/mol. The van der Waals surface area contributed by atoms with Crippen molar-refractivity contribution in [2.75, 3.05) is 19.8 Å². The molecule has 0 spiro atoms. The SMILES string of the molecule is CCOC(=O)[C@@H](N)C(OCC)OCC. The minimum atomic E-state index is -0.880. The lowest BCUT2D eigenvalue weighted by Crippen LogP contribution is -2.46. The smallest absolute Gasteiger partial charge is 0.328 e. The summed E-state index contributed by atoms with van der Waals surface area (Å²) in [5.41, 5.74) is 5.60. The number of carbonyl (C=O) groups excluding carboxylic acids is 1. The van der Waals surface area contributed by atoms with Crippen LogP contribution in [-0.2, 0) is 19.0 Å². The van der Waals surface area contributed by atoms with Gasteiger partial charge in [0.1, 0.15) is 0 Å². The van der Waals surface area contributed by atoms with Crippen molar-refractivity contribution in [1.29, 1.82) is 0 Å². The average Bonchev–Trinajstić information content (AvgIpc) is 2.17. The van der Waals surface area contributed by atoms with Gasteiger partial charge < -0.3 is 19.9 Å². The Morgan fingerprint density at radius 2 is 1.64 bits per heavy atom. The van der Waals surface area contributed by atoms with E-state index in [-0.39, 0.29) is 0 Å². The van der Waals surface area contributed by atoms with Crippen molar-refractivity contribution in [2.24, 2.45) is 5.73 Å². The van der Waals surface area contributed by atoms with Gasteiger partial charge in [-0.05, 0) is 20.8 Å². The van der Waals surface area contributed by atoms with Crippen LogP contribution in [0.2, 0.25) is 0 Å². The first kappa shape index (κ1) is 13.4. The zero-order valence-electron chi connectivity index (χ0n) is 8.99. The quantitative estimate of drug-likeness (QED) is 0.477. The van der Waals surface area contributed by atoms with E-state index in [4.69, 9.17) is 19.9 Å². The number of hydrogen-bond acceptors (Lipinski definition) is 5. The Hall–Kier alpha value is -0.650. The van der Waals surface area contributed by atoms with Crippen LogP contribution in [0.4, 0.5) is 0 Å². The third-order valence-electron chi connectivity index (χ3n) is 1.51. The largest absolute Gasteiger partial charge is 0.465 e. The fourth-order valence-corrected chi connectivity index (χ4v) is 0.934. The first-order valence-electron chi connectivity index (χ1n) is 4.82. The summed E-state index contributed by atoms with van der Waals surface area (Å²) in [4.78, 5) is 11.2. The summed E-state index contributed by atoms with van der Waals surface area (Å²) in [6, 6.07) is -0.880. The molecule has 0 aromatic heterocycles. The molecule has 14 heavy (non-hydrogen) atoms. The third-order valence-corrected chi connectivity index (χ3v) is 1.51. The van der Waals surface area contributed by atoms with E-state index in [2.05, 4.69) is 0 Å². The number of ether oxygens (including phenoxy) is 3. The highest BCUT2D eigenvalue weighted by Gasteiger charge is 2.26. The molecule has 0 rings (SSSR count). The van der Waals surface area contributed by atoms with E-state index < -0.39 is 18.3 Å².